The summed E-state index contributed by atoms with van der Waals surface area (Å²) in [4.78, 5) is 1.72. The standard InChI is InChI=1S/C12H19NO3S3/c1-9-12(6-11(8-14)18-9)19(15,16)13-7-10-4-2-3-5-17-10/h6,10,13-14H,2-5,7-8H2,1H3. The maximum atomic E-state index is 12.2. The monoisotopic (exact) mass is 321 g/mol. The fourth-order valence-corrected chi connectivity index (χ4v) is 6.04. The molecule has 4 nitrogen and oxygen atoms in total. The van der Waals surface area contributed by atoms with Crippen LogP contribution in [0, 0.1) is 6.92 Å². The first-order chi connectivity index (χ1) is 9.03. The van der Waals surface area contributed by atoms with Crippen LogP contribution in [0.5, 0.6) is 0 Å². The fraction of sp³-hybridized carbons (Fsp3) is 0.667. The molecule has 1 unspecified atom stereocenters. The minimum atomic E-state index is -3.44. The summed E-state index contributed by atoms with van der Waals surface area (Å²) in [5, 5.41) is 9.46. The Labute approximate surface area is 122 Å². The highest BCUT2D eigenvalue weighted by Gasteiger charge is 2.22. The summed E-state index contributed by atoms with van der Waals surface area (Å²) < 4.78 is 27.2. The van der Waals surface area contributed by atoms with E-state index in [1.54, 1.807) is 13.0 Å². The summed E-state index contributed by atoms with van der Waals surface area (Å²) in [6, 6.07) is 1.57. The average molecular weight is 321 g/mol. The van der Waals surface area contributed by atoms with Crippen LogP contribution in [0.4, 0.5) is 0 Å². The van der Waals surface area contributed by atoms with Gasteiger partial charge >= 0.3 is 0 Å². The van der Waals surface area contributed by atoms with E-state index in [4.69, 9.17) is 5.11 Å². The predicted octanol–water partition coefficient (Wildman–Crippen LogP) is 2.11. The molecule has 1 atom stereocenters. The first kappa shape index (κ1) is 15.3. The molecule has 7 heteroatoms. The smallest absolute Gasteiger partial charge is 0.241 e. The molecule has 19 heavy (non-hydrogen) atoms. The number of aliphatic hydroxyl groups is 1. The van der Waals surface area contributed by atoms with Gasteiger partial charge in [-0.1, -0.05) is 6.42 Å². The van der Waals surface area contributed by atoms with Gasteiger partial charge in [0.2, 0.25) is 10.0 Å². The van der Waals surface area contributed by atoms with Crippen LogP contribution in [0.2, 0.25) is 0 Å². The quantitative estimate of drug-likeness (QED) is 0.872. The van der Waals surface area contributed by atoms with Crippen LogP contribution in [0.3, 0.4) is 0 Å². The molecule has 0 saturated carbocycles. The van der Waals surface area contributed by atoms with E-state index in [0.717, 1.165) is 17.1 Å². The molecule has 1 aliphatic rings. The molecule has 2 N–H and O–H groups in total. The number of aryl methyl sites for hydroxylation is 1. The number of thiophene rings is 1. The Morgan fingerprint density at radius 1 is 1.47 bits per heavy atom. The Morgan fingerprint density at radius 3 is 2.84 bits per heavy atom. The largest absolute Gasteiger partial charge is 0.391 e. The van der Waals surface area contributed by atoms with Gasteiger partial charge in [0.15, 0.2) is 0 Å². The van der Waals surface area contributed by atoms with Gasteiger partial charge in [-0.15, -0.1) is 11.3 Å². The van der Waals surface area contributed by atoms with Gasteiger partial charge in [-0.05, 0) is 31.6 Å². The Morgan fingerprint density at radius 2 is 2.26 bits per heavy atom. The minimum absolute atomic E-state index is 0.112. The highest BCUT2D eigenvalue weighted by atomic mass is 32.2. The zero-order valence-electron chi connectivity index (χ0n) is 10.9. The lowest BCUT2D eigenvalue weighted by atomic mass is 10.2. The molecule has 2 heterocycles. The summed E-state index contributed by atoms with van der Waals surface area (Å²) >= 11 is 3.18. The van der Waals surface area contributed by atoms with Gasteiger partial charge in [-0.2, -0.15) is 11.8 Å². The van der Waals surface area contributed by atoms with E-state index in [-0.39, 0.29) is 6.61 Å². The van der Waals surface area contributed by atoms with Crippen LogP contribution in [-0.4, -0.2) is 31.1 Å². The van der Waals surface area contributed by atoms with Crippen molar-refractivity contribution in [3.63, 3.8) is 0 Å². The van der Waals surface area contributed by atoms with Gasteiger partial charge in [0.05, 0.1) is 11.5 Å². The molecule has 1 aromatic rings. The molecule has 0 radical (unpaired) electrons. The van der Waals surface area contributed by atoms with Crippen molar-refractivity contribution in [2.75, 3.05) is 12.3 Å². The van der Waals surface area contributed by atoms with Crippen molar-refractivity contribution in [2.45, 2.75) is 42.9 Å². The first-order valence-electron chi connectivity index (χ1n) is 6.34. The molecule has 2 rings (SSSR count). The number of aliphatic hydroxyl groups excluding tert-OH is 1. The lowest BCUT2D eigenvalue weighted by Gasteiger charge is -2.21. The lowest BCUT2D eigenvalue weighted by molar-refractivity contribution is 0.285. The molecular weight excluding hydrogens is 302 g/mol. The Balaban J connectivity index is 2.02. The van der Waals surface area contributed by atoms with Crippen LogP contribution in [0.15, 0.2) is 11.0 Å². The minimum Gasteiger partial charge on any atom is -0.391 e. The topological polar surface area (TPSA) is 66.4 Å². The predicted molar refractivity (Wildman–Crippen MR) is 80.3 cm³/mol. The average Bonchev–Trinajstić information content (AvgIpc) is 2.80. The summed E-state index contributed by atoms with van der Waals surface area (Å²) in [5.41, 5.74) is 0. The SMILES string of the molecule is Cc1sc(CO)cc1S(=O)(=O)NCC1CCCCS1. The van der Waals surface area contributed by atoms with Crippen molar-refractivity contribution >= 4 is 33.1 Å². The Bertz CT molecular complexity index is 518. The van der Waals surface area contributed by atoms with Gasteiger partial charge < -0.3 is 5.11 Å². The maximum absolute atomic E-state index is 12.2. The highest BCUT2D eigenvalue weighted by Crippen LogP contribution is 2.27. The van der Waals surface area contributed by atoms with Gasteiger partial charge in [0.25, 0.3) is 0 Å². The molecule has 1 aromatic heterocycles. The second-order valence-electron chi connectivity index (χ2n) is 4.63. The zero-order chi connectivity index (χ0) is 13.9. The van der Waals surface area contributed by atoms with E-state index in [2.05, 4.69) is 4.72 Å². The van der Waals surface area contributed by atoms with E-state index >= 15 is 0 Å². The van der Waals surface area contributed by atoms with Gasteiger partial charge in [0.1, 0.15) is 0 Å². The molecule has 0 bridgehead atoms. The number of rotatable bonds is 5. The molecule has 0 aromatic carbocycles. The van der Waals surface area contributed by atoms with Crippen LogP contribution >= 0.6 is 23.1 Å². The van der Waals surface area contributed by atoms with Crippen molar-refractivity contribution < 1.29 is 13.5 Å². The van der Waals surface area contributed by atoms with Crippen molar-refractivity contribution in [3.8, 4) is 0 Å². The maximum Gasteiger partial charge on any atom is 0.241 e. The van der Waals surface area contributed by atoms with E-state index < -0.39 is 10.0 Å². The third-order valence-electron chi connectivity index (χ3n) is 3.14. The lowest BCUT2D eigenvalue weighted by Crippen LogP contribution is -2.32. The van der Waals surface area contributed by atoms with E-state index in [1.807, 2.05) is 11.8 Å². The summed E-state index contributed by atoms with van der Waals surface area (Å²) in [5.74, 6) is 1.12. The third kappa shape index (κ3) is 3.95. The molecule has 108 valence electrons. The van der Waals surface area contributed by atoms with Crippen molar-refractivity contribution in [2.24, 2.45) is 0 Å². The molecule has 0 aliphatic carbocycles. The van der Waals surface area contributed by atoms with Crippen LogP contribution in [-0.2, 0) is 16.6 Å². The number of sulfonamides is 1. The first-order valence-corrected chi connectivity index (χ1v) is 9.69. The van der Waals surface area contributed by atoms with Gasteiger partial charge in [-0.25, -0.2) is 13.1 Å². The number of hydrogen-bond acceptors (Lipinski definition) is 5. The Hall–Kier alpha value is -0.0800. The van der Waals surface area contributed by atoms with Crippen LogP contribution in [0.25, 0.3) is 0 Å². The number of nitrogens with one attached hydrogen (secondary N) is 1. The Kier molecular flexibility index (Phi) is 5.30. The summed E-state index contributed by atoms with van der Waals surface area (Å²) in [6.45, 7) is 2.16. The number of hydrogen-bond donors (Lipinski definition) is 2. The van der Waals surface area contributed by atoms with Gasteiger partial charge in [-0.3, -0.25) is 0 Å². The highest BCUT2D eigenvalue weighted by molar-refractivity contribution is 8.00. The van der Waals surface area contributed by atoms with E-state index in [0.29, 0.717) is 21.6 Å². The van der Waals surface area contributed by atoms with Crippen LogP contribution in [0.1, 0.15) is 29.0 Å². The molecule has 0 amide bonds. The van der Waals surface area contributed by atoms with E-state index in [9.17, 15) is 8.42 Å². The summed E-state index contributed by atoms with van der Waals surface area (Å²) in [6.07, 6.45) is 3.50. The second kappa shape index (κ2) is 6.58. The van der Waals surface area contributed by atoms with Gasteiger partial charge in [0, 0.05) is 21.5 Å². The second-order valence-corrected chi connectivity index (χ2v) is 9.12. The molecule has 1 aliphatic heterocycles. The normalized spacial score (nSPS) is 20.6. The van der Waals surface area contributed by atoms with Crippen LogP contribution < -0.4 is 4.72 Å². The summed E-state index contributed by atoms with van der Waals surface area (Å²) in [7, 11) is -3.44. The molecule has 0 spiro atoms. The molecule has 1 fully saturated rings. The zero-order valence-corrected chi connectivity index (χ0v) is 13.3. The molecule has 1 saturated heterocycles. The van der Waals surface area contributed by atoms with E-state index in [1.165, 1.54) is 24.2 Å². The number of thioether (sulfide) groups is 1. The third-order valence-corrected chi connectivity index (χ3v) is 7.26. The fourth-order valence-electron chi connectivity index (χ4n) is 2.12. The van der Waals surface area contributed by atoms with Crippen molar-refractivity contribution in [1.82, 2.24) is 4.72 Å². The van der Waals surface area contributed by atoms with Crippen molar-refractivity contribution in [3.05, 3.63) is 15.8 Å². The molecular formula is C12H19NO3S3. The van der Waals surface area contributed by atoms with Crippen molar-refractivity contribution in [1.29, 1.82) is 0 Å².